The Morgan fingerprint density at radius 2 is 1.74 bits per heavy atom. The Balaban J connectivity index is 1.47. The number of rotatable bonds is 4. The Labute approximate surface area is 165 Å². The van der Waals surface area contributed by atoms with Gasteiger partial charge < -0.3 is 10.2 Å². The normalized spacial score (nSPS) is 11.0. The molecule has 0 radical (unpaired) electrons. The van der Waals surface area contributed by atoms with Crippen LogP contribution >= 0.6 is 22.7 Å². The predicted molar refractivity (Wildman–Crippen MR) is 114 cm³/mol. The average molecular weight is 395 g/mol. The second-order valence-corrected chi connectivity index (χ2v) is 8.61. The van der Waals surface area contributed by atoms with E-state index in [1.807, 2.05) is 49.4 Å². The van der Waals surface area contributed by atoms with Crippen LogP contribution in [-0.4, -0.2) is 30.3 Å². The molecule has 2 heterocycles. The molecule has 4 rings (SSSR count). The van der Waals surface area contributed by atoms with E-state index in [-0.39, 0.29) is 18.4 Å². The third-order valence-electron chi connectivity index (χ3n) is 4.32. The zero-order valence-electron chi connectivity index (χ0n) is 15.0. The summed E-state index contributed by atoms with van der Waals surface area (Å²) in [6.45, 7) is 2.01. The lowest BCUT2D eigenvalue weighted by Crippen LogP contribution is -2.34. The molecule has 2 amide bonds. The van der Waals surface area contributed by atoms with Crippen molar-refractivity contribution in [2.75, 3.05) is 18.9 Å². The number of carbonyl (C=O) groups excluding carboxylic acids is 2. The Morgan fingerprint density at radius 3 is 2.52 bits per heavy atom. The Hall–Kier alpha value is -2.70. The van der Waals surface area contributed by atoms with Crippen LogP contribution in [0.15, 0.2) is 54.6 Å². The van der Waals surface area contributed by atoms with E-state index < -0.39 is 0 Å². The summed E-state index contributed by atoms with van der Waals surface area (Å²) in [5, 5.41) is 4.01. The van der Waals surface area contributed by atoms with Gasteiger partial charge in [0.15, 0.2) is 0 Å². The van der Waals surface area contributed by atoms with Gasteiger partial charge in [-0.15, -0.1) is 22.7 Å². The van der Waals surface area contributed by atoms with Crippen LogP contribution in [0.1, 0.15) is 15.2 Å². The van der Waals surface area contributed by atoms with Crippen LogP contribution in [0, 0.1) is 6.92 Å². The first-order chi connectivity index (χ1) is 13.0. The van der Waals surface area contributed by atoms with Crippen LogP contribution in [0.3, 0.4) is 0 Å². The average Bonchev–Trinajstić information content (AvgIpc) is 3.21. The van der Waals surface area contributed by atoms with E-state index in [0.29, 0.717) is 4.88 Å². The van der Waals surface area contributed by atoms with E-state index in [9.17, 15) is 9.59 Å². The van der Waals surface area contributed by atoms with Gasteiger partial charge in [0.1, 0.15) is 0 Å². The minimum Gasteiger partial charge on any atom is -0.332 e. The molecular weight excluding hydrogens is 376 g/mol. The Morgan fingerprint density at radius 1 is 1.00 bits per heavy atom. The number of hydrogen-bond acceptors (Lipinski definition) is 4. The van der Waals surface area contributed by atoms with Gasteiger partial charge in [-0.25, -0.2) is 0 Å². The minimum atomic E-state index is -0.210. The molecular formula is C21H18N2O2S2. The molecule has 6 heteroatoms. The van der Waals surface area contributed by atoms with Gasteiger partial charge in [0, 0.05) is 27.5 Å². The summed E-state index contributed by atoms with van der Waals surface area (Å²) in [5.41, 5.74) is 1.86. The lowest BCUT2D eigenvalue weighted by Gasteiger charge is -2.16. The summed E-state index contributed by atoms with van der Waals surface area (Å²) >= 11 is 3.18. The number of aryl methyl sites for hydroxylation is 1. The van der Waals surface area contributed by atoms with Gasteiger partial charge >= 0.3 is 0 Å². The molecule has 27 heavy (non-hydrogen) atoms. The first-order valence-electron chi connectivity index (χ1n) is 8.54. The molecule has 0 bridgehead atoms. The van der Waals surface area contributed by atoms with Gasteiger partial charge in [-0.05, 0) is 31.2 Å². The van der Waals surface area contributed by atoms with Crippen molar-refractivity contribution in [3.8, 4) is 0 Å². The van der Waals surface area contributed by atoms with Gasteiger partial charge in [-0.2, -0.15) is 0 Å². The fourth-order valence-electron chi connectivity index (χ4n) is 2.92. The largest absolute Gasteiger partial charge is 0.332 e. The smallest absolute Gasteiger partial charge is 0.264 e. The van der Waals surface area contributed by atoms with Crippen LogP contribution < -0.4 is 5.32 Å². The van der Waals surface area contributed by atoms with Crippen molar-refractivity contribution >= 4 is 59.7 Å². The maximum absolute atomic E-state index is 12.7. The van der Waals surface area contributed by atoms with Crippen molar-refractivity contribution in [1.29, 1.82) is 0 Å². The van der Waals surface area contributed by atoms with Crippen molar-refractivity contribution < 1.29 is 9.59 Å². The van der Waals surface area contributed by atoms with Crippen LogP contribution in [0.5, 0.6) is 0 Å². The van der Waals surface area contributed by atoms with Crippen molar-refractivity contribution in [1.82, 2.24) is 4.90 Å². The van der Waals surface area contributed by atoms with E-state index >= 15 is 0 Å². The molecule has 2 aromatic carbocycles. The highest BCUT2D eigenvalue weighted by Crippen LogP contribution is 2.39. The fourth-order valence-corrected chi connectivity index (χ4v) is 5.44. The molecule has 1 N–H and O–H groups in total. The number of amides is 2. The number of hydrogen-bond donors (Lipinski definition) is 1. The number of nitrogens with one attached hydrogen (secondary N) is 1. The van der Waals surface area contributed by atoms with Crippen molar-refractivity contribution in [3.63, 3.8) is 0 Å². The maximum atomic E-state index is 12.7. The van der Waals surface area contributed by atoms with Crippen LogP contribution in [0.2, 0.25) is 0 Å². The number of likely N-dealkylation sites (N-methyl/N-ethyl adjacent to an activating group) is 1. The number of carbonyl (C=O) groups is 2. The lowest BCUT2D eigenvalue weighted by atomic mass is 10.2. The second-order valence-electron chi connectivity index (χ2n) is 6.48. The topological polar surface area (TPSA) is 49.4 Å². The lowest BCUT2D eigenvalue weighted by molar-refractivity contribution is -0.116. The molecule has 0 saturated heterocycles. The third-order valence-corrected chi connectivity index (χ3v) is 6.73. The standard InChI is InChI=1S/C21H18N2O2S2/c1-13-7-9-14(10-8-13)22-19(24)12-23(2)21(25)18-11-17-20(27-18)15-5-3-4-6-16(15)26-17/h3-11H,12H2,1-2H3,(H,22,24). The molecule has 0 saturated carbocycles. The molecule has 0 aliphatic carbocycles. The molecule has 0 aliphatic rings. The molecule has 136 valence electrons. The number of benzene rings is 2. The van der Waals surface area contributed by atoms with Crippen molar-refractivity contribution in [3.05, 3.63) is 65.0 Å². The summed E-state index contributed by atoms with van der Waals surface area (Å²) in [4.78, 5) is 27.1. The molecule has 0 fully saturated rings. The van der Waals surface area contributed by atoms with Crippen molar-refractivity contribution in [2.45, 2.75) is 6.92 Å². The quantitative estimate of drug-likeness (QED) is 0.521. The highest BCUT2D eigenvalue weighted by molar-refractivity contribution is 7.33. The molecule has 0 spiro atoms. The summed E-state index contributed by atoms with van der Waals surface area (Å²) in [7, 11) is 1.66. The van der Waals surface area contributed by atoms with Crippen molar-refractivity contribution in [2.24, 2.45) is 0 Å². The summed E-state index contributed by atoms with van der Waals surface area (Å²) in [6.07, 6.45) is 0. The number of fused-ring (bicyclic) bond motifs is 3. The van der Waals surface area contributed by atoms with Gasteiger partial charge in [-0.1, -0.05) is 35.9 Å². The number of anilines is 1. The van der Waals surface area contributed by atoms with Gasteiger partial charge in [0.2, 0.25) is 5.91 Å². The van der Waals surface area contributed by atoms with Gasteiger partial charge in [-0.3, -0.25) is 9.59 Å². The Bertz CT molecular complexity index is 1140. The monoisotopic (exact) mass is 394 g/mol. The SMILES string of the molecule is Cc1ccc(NC(=O)CN(C)C(=O)c2cc3sc4ccccc4c3s2)cc1. The Kier molecular flexibility index (Phi) is 4.68. The molecule has 4 nitrogen and oxygen atoms in total. The zero-order valence-corrected chi connectivity index (χ0v) is 16.6. The molecule has 2 aromatic heterocycles. The maximum Gasteiger partial charge on any atom is 0.264 e. The number of nitrogens with zero attached hydrogens (tertiary/aromatic N) is 1. The predicted octanol–water partition coefficient (Wildman–Crippen LogP) is 5.14. The summed E-state index contributed by atoms with van der Waals surface area (Å²) < 4.78 is 3.47. The highest BCUT2D eigenvalue weighted by atomic mass is 32.1. The molecule has 0 aliphatic heterocycles. The molecule has 0 atom stereocenters. The number of thiophene rings is 2. The third kappa shape index (κ3) is 3.59. The minimum absolute atomic E-state index is 0.0129. The summed E-state index contributed by atoms with van der Waals surface area (Å²) in [5.74, 6) is -0.343. The molecule has 0 unspecified atom stereocenters. The van der Waals surface area contributed by atoms with Gasteiger partial charge in [0.05, 0.1) is 16.1 Å². The fraction of sp³-hybridized carbons (Fsp3) is 0.143. The second kappa shape index (κ2) is 7.13. The van der Waals surface area contributed by atoms with E-state index in [1.165, 1.54) is 26.3 Å². The zero-order chi connectivity index (χ0) is 19.0. The van der Waals surface area contributed by atoms with E-state index in [1.54, 1.807) is 18.4 Å². The van der Waals surface area contributed by atoms with Crippen LogP contribution in [0.4, 0.5) is 5.69 Å². The molecule has 4 aromatic rings. The highest BCUT2D eigenvalue weighted by Gasteiger charge is 2.19. The van der Waals surface area contributed by atoms with E-state index in [2.05, 4.69) is 17.4 Å². The van der Waals surface area contributed by atoms with E-state index in [0.717, 1.165) is 20.7 Å². The van der Waals surface area contributed by atoms with Crippen LogP contribution in [0.25, 0.3) is 19.5 Å². The van der Waals surface area contributed by atoms with Gasteiger partial charge in [0.25, 0.3) is 5.91 Å². The van der Waals surface area contributed by atoms with Crippen LogP contribution in [-0.2, 0) is 4.79 Å². The first kappa shape index (κ1) is 17.7. The van der Waals surface area contributed by atoms with E-state index in [4.69, 9.17) is 0 Å². The summed E-state index contributed by atoms with van der Waals surface area (Å²) in [6, 6.07) is 17.7. The first-order valence-corrected chi connectivity index (χ1v) is 10.2.